The molecule has 2 heterocycles. The molecule has 0 bridgehead atoms. The van der Waals surface area contributed by atoms with E-state index in [0.29, 0.717) is 5.52 Å². The van der Waals surface area contributed by atoms with E-state index in [9.17, 15) is 9.59 Å². The normalized spacial score (nSPS) is 10.9. The van der Waals surface area contributed by atoms with Gasteiger partial charge in [0, 0.05) is 16.3 Å². The van der Waals surface area contributed by atoms with Crippen LogP contribution >= 0.6 is 0 Å². The van der Waals surface area contributed by atoms with Gasteiger partial charge in [-0.1, -0.05) is 35.9 Å². The van der Waals surface area contributed by atoms with Crippen molar-refractivity contribution >= 4 is 39.3 Å². The lowest BCUT2D eigenvalue weighted by Crippen LogP contribution is -2.31. The van der Waals surface area contributed by atoms with Gasteiger partial charge in [-0.15, -0.1) is 0 Å². The van der Waals surface area contributed by atoms with Crippen molar-refractivity contribution in [2.24, 2.45) is 5.73 Å². The van der Waals surface area contributed by atoms with Gasteiger partial charge in [0.05, 0.1) is 11.2 Å². The molecular formula is C20H17N5O2. The summed E-state index contributed by atoms with van der Waals surface area (Å²) in [6, 6.07) is 16.7. The molecule has 0 saturated heterocycles. The maximum atomic E-state index is 12.7. The SMILES string of the molecule is Cc1ccc(NNC(=O)c2nc(C(N)=O)cc3c2[nH]c2ccccc23)cc1. The number of nitrogens with one attached hydrogen (secondary N) is 3. The number of fused-ring (bicyclic) bond motifs is 3. The van der Waals surface area contributed by atoms with Crippen LogP contribution in [0.25, 0.3) is 21.8 Å². The molecule has 0 aliphatic heterocycles. The number of primary amides is 1. The van der Waals surface area contributed by atoms with Gasteiger partial charge < -0.3 is 10.7 Å². The molecule has 0 aliphatic carbocycles. The molecule has 0 atom stereocenters. The van der Waals surface area contributed by atoms with Crippen LogP contribution in [0.1, 0.15) is 26.5 Å². The summed E-state index contributed by atoms with van der Waals surface area (Å²) < 4.78 is 0. The van der Waals surface area contributed by atoms with E-state index < -0.39 is 11.8 Å². The molecule has 0 unspecified atom stereocenters. The van der Waals surface area contributed by atoms with E-state index in [2.05, 4.69) is 20.8 Å². The van der Waals surface area contributed by atoms with E-state index in [1.807, 2.05) is 55.5 Å². The summed E-state index contributed by atoms with van der Waals surface area (Å²) in [5.41, 5.74) is 14.2. The van der Waals surface area contributed by atoms with E-state index in [1.54, 1.807) is 6.07 Å². The minimum atomic E-state index is -0.692. The number of pyridine rings is 1. The highest BCUT2D eigenvalue weighted by Gasteiger charge is 2.19. The first-order valence-corrected chi connectivity index (χ1v) is 8.37. The lowest BCUT2D eigenvalue weighted by Gasteiger charge is -2.09. The number of rotatable bonds is 4. The van der Waals surface area contributed by atoms with Crippen molar-refractivity contribution in [3.8, 4) is 0 Å². The van der Waals surface area contributed by atoms with Crippen LogP contribution in [0.2, 0.25) is 0 Å². The highest BCUT2D eigenvalue weighted by atomic mass is 16.2. The first kappa shape index (κ1) is 16.6. The fourth-order valence-electron chi connectivity index (χ4n) is 2.96. The largest absolute Gasteiger partial charge is 0.364 e. The molecule has 7 heteroatoms. The monoisotopic (exact) mass is 359 g/mol. The summed E-state index contributed by atoms with van der Waals surface area (Å²) in [6.45, 7) is 1.98. The molecule has 134 valence electrons. The molecule has 0 radical (unpaired) electrons. The fourth-order valence-corrected chi connectivity index (χ4v) is 2.96. The number of H-pyrrole nitrogens is 1. The van der Waals surface area contributed by atoms with E-state index in [0.717, 1.165) is 27.5 Å². The molecule has 0 spiro atoms. The van der Waals surface area contributed by atoms with Gasteiger partial charge in [0.15, 0.2) is 5.69 Å². The zero-order valence-corrected chi connectivity index (χ0v) is 14.5. The Labute approximate surface area is 154 Å². The highest BCUT2D eigenvalue weighted by molar-refractivity contribution is 6.15. The number of hydrogen-bond donors (Lipinski definition) is 4. The van der Waals surface area contributed by atoms with E-state index in [4.69, 9.17) is 5.73 Å². The number of aryl methyl sites for hydroxylation is 1. The van der Waals surface area contributed by atoms with Gasteiger partial charge in [-0.25, -0.2) is 4.98 Å². The highest BCUT2D eigenvalue weighted by Crippen LogP contribution is 2.27. The Bertz CT molecular complexity index is 1180. The number of hydrogen-bond acceptors (Lipinski definition) is 4. The minimum absolute atomic E-state index is 0.0349. The molecule has 0 fully saturated rings. The zero-order chi connectivity index (χ0) is 19.0. The smallest absolute Gasteiger partial charge is 0.290 e. The number of aromatic nitrogens is 2. The Morgan fingerprint density at radius 3 is 2.52 bits per heavy atom. The van der Waals surface area contributed by atoms with Gasteiger partial charge in [0.2, 0.25) is 0 Å². The second-order valence-electron chi connectivity index (χ2n) is 6.26. The van der Waals surface area contributed by atoms with Crippen LogP contribution < -0.4 is 16.6 Å². The van der Waals surface area contributed by atoms with Crippen LogP contribution in [0, 0.1) is 6.92 Å². The van der Waals surface area contributed by atoms with Crippen LogP contribution in [-0.4, -0.2) is 21.8 Å². The van der Waals surface area contributed by atoms with Gasteiger partial charge in [-0.2, -0.15) is 0 Å². The molecule has 7 nitrogen and oxygen atoms in total. The lowest BCUT2D eigenvalue weighted by molar-refractivity contribution is 0.0959. The predicted octanol–water partition coefficient (Wildman–Crippen LogP) is 2.88. The molecule has 0 aliphatic rings. The quantitative estimate of drug-likeness (QED) is 0.420. The summed E-state index contributed by atoms with van der Waals surface area (Å²) in [4.78, 5) is 31.8. The lowest BCUT2D eigenvalue weighted by atomic mass is 10.1. The summed E-state index contributed by atoms with van der Waals surface area (Å²) in [5, 5.41) is 1.60. The standard InChI is InChI=1S/C20H17N5O2/c1-11-6-8-12(9-7-11)24-25-20(27)18-17-14(10-16(23-18)19(21)26)13-4-2-3-5-15(13)22-17/h2-10,22,24H,1H3,(H2,21,26)(H,25,27). The average Bonchev–Trinajstić information content (AvgIpc) is 3.05. The summed E-state index contributed by atoms with van der Waals surface area (Å²) in [5.74, 6) is -1.17. The summed E-state index contributed by atoms with van der Waals surface area (Å²) in [7, 11) is 0. The number of benzene rings is 2. The number of hydrazine groups is 1. The van der Waals surface area contributed by atoms with E-state index >= 15 is 0 Å². The number of carbonyl (C=O) groups excluding carboxylic acids is 2. The second kappa shape index (κ2) is 6.45. The molecule has 2 aromatic carbocycles. The molecular weight excluding hydrogens is 342 g/mol. The van der Waals surface area contributed by atoms with Gasteiger partial charge >= 0.3 is 0 Å². The number of para-hydroxylation sites is 1. The average molecular weight is 359 g/mol. The van der Waals surface area contributed by atoms with Crippen molar-refractivity contribution < 1.29 is 9.59 Å². The van der Waals surface area contributed by atoms with Crippen molar-refractivity contribution in [2.75, 3.05) is 5.43 Å². The number of carbonyl (C=O) groups is 2. The number of amides is 2. The Morgan fingerprint density at radius 2 is 1.78 bits per heavy atom. The van der Waals surface area contributed by atoms with Crippen LogP contribution in [0.4, 0.5) is 5.69 Å². The van der Waals surface area contributed by atoms with Crippen LogP contribution in [0.15, 0.2) is 54.6 Å². The predicted molar refractivity (Wildman–Crippen MR) is 104 cm³/mol. The Kier molecular flexibility index (Phi) is 3.97. The van der Waals surface area contributed by atoms with Crippen LogP contribution in [0.5, 0.6) is 0 Å². The minimum Gasteiger partial charge on any atom is -0.364 e. The van der Waals surface area contributed by atoms with E-state index in [-0.39, 0.29) is 11.4 Å². The molecule has 2 amide bonds. The second-order valence-corrected chi connectivity index (χ2v) is 6.26. The Balaban J connectivity index is 1.75. The molecule has 5 N–H and O–H groups in total. The maximum absolute atomic E-state index is 12.7. The molecule has 2 aromatic heterocycles. The van der Waals surface area contributed by atoms with Crippen LogP contribution in [-0.2, 0) is 0 Å². The summed E-state index contributed by atoms with van der Waals surface area (Å²) in [6.07, 6.45) is 0. The molecule has 0 saturated carbocycles. The van der Waals surface area contributed by atoms with Crippen molar-refractivity contribution in [1.82, 2.24) is 15.4 Å². The van der Waals surface area contributed by atoms with Crippen molar-refractivity contribution in [3.05, 3.63) is 71.5 Å². The maximum Gasteiger partial charge on any atom is 0.290 e. The van der Waals surface area contributed by atoms with Crippen molar-refractivity contribution in [2.45, 2.75) is 6.92 Å². The van der Waals surface area contributed by atoms with Gasteiger partial charge in [0.1, 0.15) is 5.69 Å². The summed E-state index contributed by atoms with van der Waals surface area (Å²) >= 11 is 0. The van der Waals surface area contributed by atoms with Gasteiger partial charge in [0.25, 0.3) is 11.8 Å². The van der Waals surface area contributed by atoms with E-state index in [1.165, 1.54) is 0 Å². The number of nitrogens with two attached hydrogens (primary N) is 1. The van der Waals surface area contributed by atoms with Gasteiger partial charge in [-0.3, -0.25) is 20.4 Å². The third-order valence-electron chi connectivity index (χ3n) is 4.34. The first-order valence-electron chi connectivity index (χ1n) is 8.37. The van der Waals surface area contributed by atoms with Gasteiger partial charge in [-0.05, 0) is 31.2 Å². The zero-order valence-electron chi connectivity index (χ0n) is 14.5. The molecule has 4 rings (SSSR count). The van der Waals surface area contributed by atoms with Crippen LogP contribution in [0.3, 0.4) is 0 Å². The molecule has 4 aromatic rings. The fraction of sp³-hybridized carbons (Fsp3) is 0.0500. The van der Waals surface area contributed by atoms with Crippen molar-refractivity contribution in [3.63, 3.8) is 0 Å². The first-order chi connectivity index (χ1) is 13.0. The third-order valence-corrected chi connectivity index (χ3v) is 4.34. The molecule has 27 heavy (non-hydrogen) atoms. The third kappa shape index (κ3) is 3.06. The Hall–Kier alpha value is -3.87. The number of nitrogens with zero attached hydrogens (tertiary/aromatic N) is 1. The number of aromatic amines is 1. The number of anilines is 1. The van der Waals surface area contributed by atoms with Crippen molar-refractivity contribution in [1.29, 1.82) is 0 Å². The Morgan fingerprint density at radius 1 is 1.04 bits per heavy atom. The topological polar surface area (TPSA) is 113 Å².